The first-order valence-electron chi connectivity index (χ1n) is 13.9. The summed E-state index contributed by atoms with van der Waals surface area (Å²) in [5.41, 5.74) is 2.36. The Morgan fingerprint density at radius 1 is 0.923 bits per heavy atom. The maximum Gasteiger partial charge on any atom is 0.335 e. The zero-order chi connectivity index (χ0) is 27.3. The molecule has 4 aliphatic carbocycles. The lowest BCUT2D eigenvalue weighted by Crippen LogP contribution is -2.54. The standard InChI is InChI=1S/C31H33BrN2O5/c1-3-38-26-14-27(39-4-2)25(32)13-21(26)12-24-28(35)33-30(37)34(29(24)36)23-7-5-22(6-8-23)31-15-18-9-19(16-31)11-20(10-18)17-31/h5-8,12-14,18-20H,3-4,9-11,15-17H2,1-2H3,(H,33,35,37)/b24-12+. The highest BCUT2D eigenvalue weighted by Gasteiger charge is 2.51. The van der Waals surface area contributed by atoms with Crippen molar-refractivity contribution in [2.75, 3.05) is 18.1 Å². The van der Waals surface area contributed by atoms with Crippen LogP contribution in [0, 0.1) is 17.8 Å². The van der Waals surface area contributed by atoms with Gasteiger partial charge in [0, 0.05) is 11.6 Å². The molecule has 1 aliphatic heterocycles. The van der Waals surface area contributed by atoms with Crippen molar-refractivity contribution in [1.29, 1.82) is 0 Å². The highest BCUT2D eigenvalue weighted by atomic mass is 79.9. The van der Waals surface area contributed by atoms with Crippen molar-refractivity contribution in [2.45, 2.75) is 57.8 Å². The second-order valence-electron chi connectivity index (χ2n) is 11.4. The normalized spacial score (nSPS) is 28.7. The molecule has 0 atom stereocenters. The van der Waals surface area contributed by atoms with Crippen LogP contribution in [0.15, 0.2) is 46.4 Å². The molecule has 2 aromatic rings. The molecule has 1 N–H and O–H groups in total. The molecule has 204 valence electrons. The molecule has 0 unspecified atom stereocenters. The summed E-state index contributed by atoms with van der Waals surface area (Å²) in [7, 11) is 0. The molecule has 7 rings (SSSR count). The molecular formula is C31H33BrN2O5. The van der Waals surface area contributed by atoms with Crippen LogP contribution in [0.1, 0.15) is 63.5 Å². The third-order valence-electron chi connectivity index (χ3n) is 8.84. The Bertz CT molecular complexity index is 1330. The number of nitrogens with zero attached hydrogens (tertiary/aromatic N) is 1. The lowest BCUT2D eigenvalue weighted by atomic mass is 9.48. The van der Waals surface area contributed by atoms with Gasteiger partial charge in [-0.2, -0.15) is 0 Å². The van der Waals surface area contributed by atoms with E-state index < -0.39 is 17.8 Å². The van der Waals surface area contributed by atoms with Crippen LogP contribution in [0.25, 0.3) is 6.08 Å². The smallest absolute Gasteiger partial charge is 0.335 e. The highest BCUT2D eigenvalue weighted by molar-refractivity contribution is 9.10. The first-order chi connectivity index (χ1) is 18.8. The number of imide groups is 2. The van der Waals surface area contributed by atoms with Crippen LogP contribution in [-0.4, -0.2) is 31.1 Å². The fourth-order valence-corrected chi connectivity index (χ4v) is 8.16. The van der Waals surface area contributed by atoms with E-state index in [4.69, 9.17) is 9.47 Å². The second kappa shape index (κ2) is 10.1. The van der Waals surface area contributed by atoms with Gasteiger partial charge in [-0.15, -0.1) is 0 Å². The van der Waals surface area contributed by atoms with Crippen LogP contribution >= 0.6 is 15.9 Å². The Labute approximate surface area is 237 Å². The number of anilines is 1. The number of rotatable bonds is 7. The number of amides is 4. The highest BCUT2D eigenvalue weighted by Crippen LogP contribution is 2.60. The number of nitrogens with one attached hydrogen (secondary N) is 1. The molecule has 4 amide bonds. The average molecular weight is 594 g/mol. The molecule has 0 spiro atoms. The summed E-state index contributed by atoms with van der Waals surface area (Å²) in [5, 5.41) is 2.33. The van der Waals surface area contributed by atoms with Crippen LogP contribution in [0.5, 0.6) is 11.5 Å². The van der Waals surface area contributed by atoms with Gasteiger partial charge in [-0.3, -0.25) is 14.9 Å². The number of halogens is 1. The lowest BCUT2D eigenvalue weighted by molar-refractivity contribution is -0.122. The second-order valence-corrected chi connectivity index (χ2v) is 12.2. The first-order valence-corrected chi connectivity index (χ1v) is 14.7. The Balaban J connectivity index is 1.30. The quantitative estimate of drug-likeness (QED) is 0.298. The number of hydrogen-bond donors (Lipinski definition) is 1. The van der Waals surface area contributed by atoms with E-state index in [0.29, 0.717) is 40.4 Å². The lowest BCUT2D eigenvalue weighted by Gasteiger charge is -2.57. The van der Waals surface area contributed by atoms with Crippen molar-refractivity contribution in [1.82, 2.24) is 5.32 Å². The minimum atomic E-state index is -0.748. The van der Waals surface area contributed by atoms with Gasteiger partial charge in [0.1, 0.15) is 17.1 Å². The van der Waals surface area contributed by atoms with Crippen LogP contribution in [0.4, 0.5) is 10.5 Å². The first kappa shape index (κ1) is 26.1. The van der Waals surface area contributed by atoms with E-state index in [0.717, 1.165) is 22.7 Å². The topological polar surface area (TPSA) is 84.9 Å². The SMILES string of the molecule is CCOc1cc(OCC)c(/C=C2\C(=O)NC(=O)N(c3ccc(C45CC6CC(CC(C6)C4)C5)cc3)C2=O)cc1Br. The summed E-state index contributed by atoms with van der Waals surface area (Å²) in [6, 6.07) is 10.6. The van der Waals surface area contributed by atoms with Gasteiger partial charge in [0.15, 0.2) is 0 Å². The molecule has 7 nitrogen and oxygen atoms in total. The molecule has 39 heavy (non-hydrogen) atoms. The third kappa shape index (κ3) is 4.66. The summed E-state index contributed by atoms with van der Waals surface area (Å²) < 4.78 is 12.1. The van der Waals surface area contributed by atoms with Crippen molar-refractivity contribution in [3.8, 4) is 11.5 Å². The van der Waals surface area contributed by atoms with Crippen LogP contribution in [0.2, 0.25) is 0 Å². The van der Waals surface area contributed by atoms with Crippen LogP contribution < -0.4 is 19.7 Å². The van der Waals surface area contributed by atoms with Crippen molar-refractivity contribution in [2.24, 2.45) is 17.8 Å². The van der Waals surface area contributed by atoms with Gasteiger partial charge in [-0.1, -0.05) is 12.1 Å². The maximum absolute atomic E-state index is 13.6. The molecule has 2 aromatic carbocycles. The van der Waals surface area contributed by atoms with Gasteiger partial charge < -0.3 is 9.47 Å². The van der Waals surface area contributed by atoms with E-state index in [-0.39, 0.29) is 11.0 Å². The number of barbiturate groups is 1. The minimum absolute atomic E-state index is 0.142. The number of benzene rings is 2. The zero-order valence-electron chi connectivity index (χ0n) is 22.3. The molecular weight excluding hydrogens is 560 g/mol. The van der Waals surface area contributed by atoms with Crippen LogP contribution in [0.3, 0.4) is 0 Å². The van der Waals surface area contributed by atoms with Gasteiger partial charge in [0.2, 0.25) is 0 Å². The van der Waals surface area contributed by atoms with Gasteiger partial charge in [0.25, 0.3) is 11.8 Å². The van der Waals surface area contributed by atoms with Crippen molar-refractivity contribution in [3.63, 3.8) is 0 Å². The molecule has 0 aromatic heterocycles. The minimum Gasteiger partial charge on any atom is -0.493 e. The fourth-order valence-electron chi connectivity index (χ4n) is 7.69. The molecule has 4 saturated carbocycles. The fraction of sp³-hybridized carbons (Fsp3) is 0.452. The molecule has 4 bridgehead atoms. The number of carbonyl (C=O) groups is 3. The zero-order valence-corrected chi connectivity index (χ0v) is 23.9. The van der Waals surface area contributed by atoms with E-state index in [1.807, 2.05) is 26.0 Å². The van der Waals surface area contributed by atoms with E-state index in [9.17, 15) is 14.4 Å². The summed E-state index contributed by atoms with van der Waals surface area (Å²) in [4.78, 5) is 40.3. The predicted octanol–water partition coefficient (Wildman–Crippen LogP) is 6.38. The Hall–Kier alpha value is -3.13. The summed E-state index contributed by atoms with van der Waals surface area (Å²) in [6.07, 6.45) is 9.30. The van der Waals surface area contributed by atoms with Crippen LogP contribution in [-0.2, 0) is 15.0 Å². The Morgan fingerprint density at radius 2 is 1.51 bits per heavy atom. The van der Waals surface area contributed by atoms with Gasteiger partial charge in [0.05, 0.1) is 23.4 Å². The average Bonchev–Trinajstić information content (AvgIpc) is 2.88. The molecule has 1 heterocycles. The third-order valence-corrected chi connectivity index (χ3v) is 9.46. The molecule has 1 saturated heterocycles. The van der Waals surface area contributed by atoms with Gasteiger partial charge in [-0.25, -0.2) is 9.69 Å². The maximum atomic E-state index is 13.6. The number of ether oxygens (including phenoxy) is 2. The molecule has 5 fully saturated rings. The largest absolute Gasteiger partial charge is 0.493 e. The Morgan fingerprint density at radius 3 is 2.10 bits per heavy atom. The molecule has 0 radical (unpaired) electrons. The van der Waals surface area contributed by atoms with Crippen molar-refractivity contribution in [3.05, 3.63) is 57.6 Å². The van der Waals surface area contributed by atoms with Gasteiger partial charge >= 0.3 is 6.03 Å². The summed E-state index contributed by atoms with van der Waals surface area (Å²) >= 11 is 3.49. The van der Waals surface area contributed by atoms with E-state index >= 15 is 0 Å². The summed E-state index contributed by atoms with van der Waals surface area (Å²) in [5.74, 6) is 2.15. The van der Waals surface area contributed by atoms with E-state index in [1.165, 1.54) is 50.2 Å². The number of urea groups is 1. The van der Waals surface area contributed by atoms with E-state index in [2.05, 4.69) is 33.4 Å². The monoisotopic (exact) mass is 592 g/mol. The number of carbonyl (C=O) groups excluding carboxylic acids is 3. The van der Waals surface area contributed by atoms with Gasteiger partial charge in [-0.05, 0) is 121 Å². The summed E-state index contributed by atoms with van der Waals surface area (Å²) in [6.45, 7) is 4.61. The van der Waals surface area contributed by atoms with Crippen molar-refractivity contribution >= 4 is 45.5 Å². The molecule has 8 heteroatoms. The predicted molar refractivity (Wildman–Crippen MR) is 152 cm³/mol. The number of hydrogen-bond acceptors (Lipinski definition) is 5. The van der Waals surface area contributed by atoms with E-state index in [1.54, 1.807) is 12.1 Å². The van der Waals surface area contributed by atoms with Crippen molar-refractivity contribution < 1.29 is 23.9 Å². The molecule has 5 aliphatic rings. The Kier molecular flexibility index (Phi) is 6.78.